The molecule has 0 aliphatic carbocycles. The Morgan fingerprint density at radius 1 is 1.50 bits per heavy atom. The molecule has 0 spiro atoms. The lowest BCUT2D eigenvalue weighted by Gasteiger charge is -2.11. The van der Waals surface area contributed by atoms with E-state index in [2.05, 4.69) is 20.6 Å². The lowest BCUT2D eigenvalue weighted by molar-refractivity contribution is 0.0948. The van der Waals surface area contributed by atoms with Crippen molar-refractivity contribution in [2.75, 3.05) is 25.6 Å². The summed E-state index contributed by atoms with van der Waals surface area (Å²) in [5, 5.41) is 5.50. The van der Waals surface area contributed by atoms with Crippen molar-refractivity contribution in [2.45, 2.75) is 26.2 Å². The Labute approximate surface area is 106 Å². The number of rotatable bonds is 6. The fourth-order valence-electron chi connectivity index (χ4n) is 1.38. The predicted molar refractivity (Wildman–Crippen MR) is 68.6 cm³/mol. The van der Waals surface area contributed by atoms with Crippen LogP contribution in [0.5, 0.6) is 0 Å². The van der Waals surface area contributed by atoms with Gasteiger partial charge in [0, 0.05) is 19.5 Å². The van der Waals surface area contributed by atoms with Gasteiger partial charge in [0.15, 0.2) is 5.69 Å². The molecule has 18 heavy (non-hydrogen) atoms. The molecule has 0 fully saturated rings. The van der Waals surface area contributed by atoms with E-state index >= 15 is 0 Å². The van der Waals surface area contributed by atoms with Gasteiger partial charge in [-0.2, -0.15) is 0 Å². The molecule has 1 aromatic rings. The van der Waals surface area contributed by atoms with Crippen LogP contribution < -0.4 is 10.6 Å². The maximum absolute atomic E-state index is 12.0. The zero-order valence-corrected chi connectivity index (χ0v) is 11.0. The number of aromatic nitrogens is 2. The summed E-state index contributed by atoms with van der Waals surface area (Å²) in [4.78, 5) is 20.3. The Morgan fingerprint density at radius 2 is 2.22 bits per heavy atom. The Kier molecular flexibility index (Phi) is 5.48. The van der Waals surface area contributed by atoms with Crippen LogP contribution >= 0.6 is 0 Å². The Morgan fingerprint density at radius 3 is 2.78 bits per heavy atom. The molecule has 1 aromatic heterocycles. The van der Waals surface area contributed by atoms with E-state index < -0.39 is 6.67 Å². The maximum Gasteiger partial charge on any atom is 0.272 e. The molecule has 0 atom stereocenters. The van der Waals surface area contributed by atoms with Gasteiger partial charge in [-0.15, -0.1) is 0 Å². The predicted octanol–water partition coefficient (Wildman–Crippen LogP) is 1.73. The maximum atomic E-state index is 12.0. The van der Waals surface area contributed by atoms with Gasteiger partial charge < -0.3 is 10.6 Å². The van der Waals surface area contributed by atoms with E-state index in [4.69, 9.17) is 0 Å². The second-order valence-corrected chi connectivity index (χ2v) is 4.19. The molecule has 2 N–H and O–H groups in total. The summed E-state index contributed by atoms with van der Waals surface area (Å²) in [7, 11) is 1.70. The van der Waals surface area contributed by atoms with Gasteiger partial charge in [-0.05, 0) is 6.42 Å². The van der Waals surface area contributed by atoms with Gasteiger partial charge in [0.05, 0.1) is 18.6 Å². The molecule has 0 saturated heterocycles. The fourth-order valence-corrected chi connectivity index (χ4v) is 1.38. The summed E-state index contributed by atoms with van der Waals surface area (Å²) in [6, 6.07) is 0. The normalized spacial score (nSPS) is 10.5. The molecule has 0 saturated carbocycles. The van der Waals surface area contributed by atoms with E-state index in [9.17, 15) is 9.18 Å². The summed E-state index contributed by atoms with van der Waals surface area (Å²) in [5.41, 5.74) is 0.868. The number of halogens is 1. The summed E-state index contributed by atoms with van der Waals surface area (Å²) in [6.45, 7) is 3.78. The van der Waals surface area contributed by atoms with Crippen LogP contribution in [0.1, 0.15) is 42.5 Å². The summed E-state index contributed by atoms with van der Waals surface area (Å²) < 4.78 is 12.0. The van der Waals surface area contributed by atoms with Crippen molar-refractivity contribution < 1.29 is 9.18 Å². The molecular formula is C12H19FN4O. The molecule has 1 amide bonds. The molecule has 5 nitrogen and oxygen atoms in total. The van der Waals surface area contributed by atoms with E-state index in [1.807, 2.05) is 13.8 Å². The van der Waals surface area contributed by atoms with Gasteiger partial charge >= 0.3 is 0 Å². The number of nitrogens with one attached hydrogen (secondary N) is 2. The smallest absolute Gasteiger partial charge is 0.272 e. The number of alkyl halides is 1. The largest absolute Gasteiger partial charge is 0.385 e. The van der Waals surface area contributed by atoms with Gasteiger partial charge in [0.1, 0.15) is 5.82 Å². The summed E-state index contributed by atoms with van der Waals surface area (Å²) in [6.07, 6.45) is 1.90. The second-order valence-electron chi connectivity index (χ2n) is 4.19. The quantitative estimate of drug-likeness (QED) is 0.759. The van der Waals surface area contributed by atoms with Crippen molar-refractivity contribution in [2.24, 2.45) is 0 Å². The van der Waals surface area contributed by atoms with Gasteiger partial charge in [-0.3, -0.25) is 9.18 Å². The Hall–Kier alpha value is -1.72. The summed E-state index contributed by atoms with van der Waals surface area (Å²) in [5.74, 6) is 0.454. The minimum atomic E-state index is -0.444. The Bertz CT molecular complexity index is 409. The lowest BCUT2D eigenvalue weighted by atomic mass is 10.2. The first kappa shape index (κ1) is 14.3. The molecule has 1 rings (SSSR count). The van der Waals surface area contributed by atoms with Crippen molar-refractivity contribution in [3.63, 3.8) is 0 Å². The van der Waals surface area contributed by atoms with E-state index in [1.165, 1.54) is 0 Å². The zero-order valence-electron chi connectivity index (χ0n) is 11.0. The van der Waals surface area contributed by atoms with Gasteiger partial charge in [-0.25, -0.2) is 9.97 Å². The van der Waals surface area contributed by atoms with Gasteiger partial charge in [0.25, 0.3) is 5.91 Å². The highest BCUT2D eigenvalue weighted by Gasteiger charge is 2.15. The van der Waals surface area contributed by atoms with E-state index in [0.717, 1.165) is 0 Å². The minimum Gasteiger partial charge on any atom is -0.385 e. The molecule has 1 heterocycles. The Balaban J connectivity index is 2.89. The number of hydrogen-bond donors (Lipinski definition) is 2. The number of nitrogens with zero attached hydrogens (tertiary/aromatic N) is 2. The first-order valence-corrected chi connectivity index (χ1v) is 5.99. The zero-order chi connectivity index (χ0) is 13.5. The van der Waals surface area contributed by atoms with Crippen molar-refractivity contribution in [1.82, 2.24) is 15.3 Å². The van der Waals surface area contributed by atoms with E-state index in [-0.39, 0.29) is 11.8 Å². The topological polar surface area (TPSA) is 66.9 Å². The first-order valence-electron chi connectivity index (χ1n) is 5.99. The van der Waals surface area contributed by atoms with Gasteiger partial charge in [0.2, 0.25) is 0 Å². The molecule has 0 radical (unpaired) electrons. The summed E-state index contributed by atoms with van der Waals surface area (Å²) >= 11 is 0. The first-order chi connectivity index (χ1) is 8.60. The molecule has 100 valence electrons. The van der Waals surface area contributed by atoms with Crippen molar-refractivity contribution in [1.29, 1.82) is 0 Å². The van der Waals surface area contributed by atoms with Crippen LogP contribution in [-0.2, 0) is 0 Å². The highest BCUT2D eigenvalue weighted by Crippen LogP contribution is 2.15. The molecule has 0 aliphatic rings. The average molecular weight is 254 g/mol. The second kappa shape index (κ2) is 6.88. The van der Waals surface area contributed by atoms with Gasteiger partial charge in [-0.1, -0.05) is 13.8 Å². The highest BCUT2D eigenvalue weighted by atomic mass is 19.1. The molecular weight excluding hydrogens is 235 g/mol. The number of carbonyl (C=O) groups is 1. The standard InChI is InChI=1S/C12H19FN4O/c1-8(2)11-16-7-9(14-3)10(17-11)12(18)15-6-4-5-13/h7-8,14H,4-6H2,1-3H3,(H,15,18). The third kappa shape index (κ3) is 3.65. The number of carbonyl (C=O) groups excluding carboxylic acids is 1. The molecule has 0 unspecified atom stereocenters. The van der Waals surface area contributed by atoms with Crippen LogP contribution in [-0.4, -0.2) is 36.1 Å². The molecule has 0 bridgehead atoms. The van der Waals surface area contributed by atoms with Crippen LogP contribution in [0.15, 0.2) is 6.20 Å². The van der Waals surface area contributed by atoms with Crippen molar-refractivity contribution in [3.05, 3.63) is 17.7 Å². The highest BCUT2D eigenvalue weighted by molar-refractivity contribution is 5.97. The van der Waals surface area contributed by atoms with Crippen molar-refractivity contribution >= 4 is 11.6 Å². The van der Waals surface area contributed by atoms with Crippen LogP contribution in [0.25, 0.3) is 0 Å². The van der Waals surface area contributed by atoms with E-state index in [0.29, 0.717) is 30.2 Å². The molecule has 0 aromatic carbocycles. The minimum absolute atomic E-state index is 0.147. The molecule has 0 aliphatic heterocycles. The number of amides is 1. The average Bonchev–Trinajstić information content (AvgIpc) is 2.38. The SMILES string of the molecule is CNc1cnc(C(C)C)nc1C(=O)NCCCF. The third-order valence-corrected chi connectivity index (χ3v) is 2.40. The monoisotopic (exact) mass is 254 g/mol. The number of anilines is 1. The van der Waals surface area contributed by atoms with Crippen LogP contribution in [0.2, 0.25) is 0 Å². The van der Waals surface area contributed by atoms with Crippen LogP contribution in [0.3, 0.4) is 0 Å². The van der Waals surface area contributed by atoms with Crippen molar-refractivity contribution in [3.8, 4) is 0 Å². The fraction of sp³-hybridized carbons (Fsp3) is 0.583. The molecule has 6 heteroatoms. The van der Waals surface area contributed by atoms with E-state index in [1.54, 1.807) is 13.2 Å². The lowest BCUT2D eigenvalue weighted by Crippen LogP contribution is -2.27. The third-order valence-electron chi connectivity index (χ3n) is 2.40. The van der Waals surface area contributed by atoms with Crippen LogP contribution in [0, 0.1) is 0 Å². The van der Waals surface area contributed by atoms with Crippen LogP contribution in [0.4, 0.5) is 10.1 Å². The number of hydrogen-bond acceptors (Lipinski definition) is 4.